The Labute approximate surface area is 257 Å². The molecule has 218 valence electrons. The Balaban J connectivity index is 1.47. The van der Waals surface area contributed by atoms with Crippen LogP contribution in [-0.4, -0.2) is 27.3 Å². The number of hydrogen-bond donors (Lipinski definition) is 0. The molecule has 0 bridgehead atoms. The van der Waals surface area contributed by atoms with Gasteiger partial charge in [0.25, 0.3) is 0 Å². The zero-order valence-corrected chi connectivity index (χ0v) is 26.6. The number of fused-ring (bicyclic) bond motifs is 4. The number of carbonyl (C=O) groups excluding carboxylic acids is 1. The molecule has 0 radical (unpaired) electrons. The van der Waals surface area contributed by atoms with Crippen LogP contribution >= 0.6 is 34.4 Å². The topological polar surface area (TPSA) is 17.1 Å². The zero-order valence-electron chi connectivity index (χ0n) is 23.6. The van der Waals surface area contributed by atoms with Gasteiger partial charge in [0.15, 0.2) is 5.78 Å². The summed E-state index contributed by atoms with van der Waals surface area (Å²) in [5, 5.41) is 0. The molecule has 2 aromatic rings. The van der Waals surface area contributed by atoms with Gasteiger partial charge in [-0.25, -0.2) is 4.39 Å². The van der Waals surface area contributed by atoms with E-state index in [9.17, 15) is 18.0 Å². The maximum absolute atomic E-state index is 16.1. The van der Waals surface area contributed by atoms with Crippen molar-refractivity contribution in [1.29, 1.82) is 0 Å². The van der Waals surface area contributed by atoms with Crippen molar-refractivity contribution in [3.05, 3.63) is 76.9 Å². The summed E-state index contributed by atoms with van der Waals surface area (Å²) in [7, 11) is 0. The normalized spacial score (nSPS) is 33.0. The minimum atomic E-state index is -4.94. The van der Waals surface area contributed by atoms with Crippen LogP contribution in [0, 0.1) is 17.3 Å². The summed E-state index contributed by atoms with van der Waals surface area (Å²) in [4.78, 5) is 13.5. The van der Waals surface area contributed by atoms with Crippen molar-refractivity contribution >= 4 is 40.1 Å². The minimum absolute atomic E-state index is 0.0241. The summed E-state index contributed by atoms with van der Waals surface area (Å²) in [6, 6.07) is 16.8. The van der Waals surface area contributed by atoms with E-state index < -0.39 is 20.7 Å². The largest absolute Gasteiger partial charge is 0.423 e. The first-order valence-electron chi connectivity index (χ1n) is 14.5. The highest BCUT2D eigenvalue weighted by atomic mass is 127. The number of rotatable bonds is 4. The first kappa shape index (κ1) is 29.5. The number of carbonyl (C=O) groups is 1. The molecule has 2 aromatic carbocycles. The molecular formula is C34H35F4IOS. The number of halogens is 5. The van der Waals surface area contributed by atoms with Crippen molar-refractivity contribution in [2.24, 2.45) is 17.3 Å². The number of ketones is 1. The first-order valence-corrected chi connectivity index (χ1v) is 16.8. The van der Waals surface area contributed by atoms with E-state index in [1.54, 1.807) is 17.8 Å². The van der Waals surface area contributed by atoms with Gasteiger partial charge in [0.05, 0.1) is 3.42 Å². The van der Waals surface area contributed by atoms with E-state index in [2.05, 4.69) is 48.5 Å². The second-order valence-corrected chi connectivity index (χ2v) is 15.4. The lowest BCUT2D eigenvalue weighted by Gasteiger charge is -2.57. The third kappa shape index (κ3) is 4.49. The molecule has 0 aromatic heterocycles. The number of alkyl halides is 5. The van der Waals surface area contributed by atoms with Crippen LogP contribution < -0.4 is 0 Å². The fourth-order valence-corrected chi connectivity index (χ4v) is 10.3. The molecule has 2 saturated carbocycles. The third-order valence-corrected chi connectivity index (χ3v) is 14.4. The summed E-state index contributed by atoms with van der Waals surface area (Å²) in [5.41, 5.74) is 2.78. The fourth-order valence-electron chi connectivity index (χ4n) is 8.62. The van der Waals surface area contributed by atoms with Gasteiger partial charge in [-0.2, -0.15) is 13.2 Å². The van der Waals surface area contributed by atoms with E-state index >= 15 is 4.39 Å². The van der Waals surface area contributed by atoms with Gasteiger partial charge in [-0.1, -0.05) is 71.5 Å². The smallest absolute Gasteiger partial charge is 0.295 e. The lowest BCUT2D eigenvalue weighted by atomic mass is 9.50. The fraction of sp³-hybridized carbons (Fsp3) is 0.500. The van der Waals surface area contributed by atoms with Crippen LogP contribution in [0.3, 0.4) is 0 Å². The Kier molecular flexibility index (Phi) is 7.36. The monoisotopic (exact) mass is 694 g/mol. The molecule has 0 spiro atoms. The quantitative estimate of drug-likeness (QED) is 0.137. The predicted molar refractivity (Wildman–Crippen MR) is 166 cm³/mol. The molecule has 41 heavy (non-hydrogen) atoms. The Bertz CT molecular complexity index is 1420. The van der Waals surface area contributed by atoms with E-state index in [-0.39, 0.29) is 30.0 Å². The molecule has 0 aliphatic heterocycles. The summed E-state index contributed by atoms with van der Waals surface area (Å²) < 4.78 is 57.4. The van der Waals surface area contributed by atoms with Crippen molar-refractivity contribution in [3.63, 3.8) is 0 Å². The van der Waals surface area contributed by atoms with E-state index in [1.165, 1.54) is 16.0 Å². The van der Waals surface area contributed by atoms with Crippen LogP contribution in [0.25, 0.3) is 11.1 Å². The number of benzene rings is 2. The van der Waals surface area contributed by atoms with E-state index in [0.717, 1.165) is 42.0 Å². The molecule has 4 aliphatic rings. The predicted octanol–water partition coefficient (Wildman–Crippen LogP) is 10.4. The standard InChI is InChI=1S/C34H35F4IOS/c1-31-19-28(22-6-4-20(5-7-22)21-8-12-25(41-3)13-9-21)30-26-15-11-24(40)18-23(26)10-14-27(30)29(31)16-17-33(31,39)32(2,35)34(36,37)38/h4-9,12-13,18,27-29H,10-11,14-17,19H2,1-3H3/t27?,28-,29?,31+,32?,33+/m1/s1. The van der Waals surface area contributed by atoms with Gasteiger partial charge in [0, 0.05) is 17.2 Å². The number of thioether (sulfide) groups is 1. The van der Waals surface area contributed by atoms with Gasteiger partial charge in [-0.3, -0.25) is 4.79 Å². The molecule has 6 atom stereocenters. The molecule has 0 saturated heterocycles. The highest BCUT2D eigenvalue weighted by molar-refractivity contribution is 14.1. The second-order valence-electron chi connectivity index (χ2n) is 12.7. The summed E-state index contributed by atoms with van der Waals surface area (Å²) in [5.74, 6) is 0.113. The van der Waals surface area contributed by atoms with Gasteiger partial charge in [-0.05, 0) is 115 Å². The van der Waals surface area contributed by atoms with Crippen molar-refractivity contribution in [2.75, 3.05) is 6.26 Å². The van der Waals surface area contributed by atoms with Gasteiger partial charge in [0.1, 0.15) is 0 Å². The lowest BCUT2D eigenvalue weighted by molar-refractivity contribution is -0.243. The molecule has 0 amide bonds. The SMILES string of the molecule is CSc1ccc(-c2ccc([C@H]3C[C@@]4(C)C(CC[C@@]4(I)C(C)(F)C(F)(F)F)C4CCC5=CC(=O)CCC5=C43)cc2)cc1. The van der Waals surface area contributed by atoms with Gasteiger partial charge in [0.2, 0.25) is 5.67 Å². The molecule has 1 nitrogen and oxygen atoms in total. The third-order valence-electron chi connectivity index (χ3n) is 10.8. The minimum Gasteiger partial charge on any atom is -0.295 e. The van der Waals surface area contributed by atoms with Crippen LogP contribution in [0.1, 0.15) is 70.3 Å². The number of allylic oxidation sites excluding steroid dienone is 4. The van der Waals surface area contributed by atoms with Gasteiger partial charge < -0.3 is 0 Å². The Morgan fingerprint density at radius 1 is 0.927 bits per heavy atom. The van der Waals surface area contributed by atoms with Crippen molar-refractivity contribution in [3.8, 4) is 11.1 Å². The molecule has 4 aliphatic carbocycles. The lowest BCUT2D eigenvalue weighted by Crippen LogP contribution is -2.62. The van der Waals surface area contributed by atoms with Crippen molar-refractivity contribution < 1.29 is 22.4 Å². The zero-order chi connectivity index (χ0) is 29.4. The van der Waals surface area contributed by atoms with Crippen LogP contribution in [-0.2, 0) is 4.79 Å². The Hall–Kier alpha value is -1.61. The second kappa shape index (κ2) is 10.2. The van der Waals surface area contributed by atoms with E-state index in [0.29, 0.717) is 25.7 Å². The molecular weight excluding hydrogens is 659 g/mol. The summed E-state index contributed by atoms with van der Waals surface area (Å²) >= 11 is 3.56. The van der Waals surface area contributed by atoms with E-state index in [1.807, 2.05) is 35.8 Å². The molecule has 6 rings (SSSR count). The molecule has 0 N–H and O–H groups in total. The first-order chi connectivity index (χ1) is 19.3. The summed E-state index contributed by atoms with van der Waals surface area (Å²) in [6.07, 6.45) is 2.89. The van der Waals surface area contributed by atoms with Crippen LogP contribution in [0.4, 0.5) is 17.6 Å². The molecule has 3 unspecified atom stereocenters. The number of hydrogen-bond acceptors (Lipinski definition) is 2. The molecule has 0 heterocycles. The average Bonchev–Trinajstić information content (AvgIpc) is 3.23. The van der Waals surface area contributed by atoms with Gasteiger partial charge in [-0.15, -0.1) is 11.8 Å². The highest BCUT2D eigenvalue weighted by Crippen LogP contribution is 2.73. The summed E-state index contributed by atoms with van der Waals surface area (Å²) in [6.45, 7) is 2.70. The van der Waals surface area contributed by atoms with Crippen LogP contribution in [0.15, 0.2) is 76.2 Å². The molecule has 7 heteroatoms. The van der Waals surface area contributed by atoms with Crippen LogP contribution in [0.2, 0.25) is 0 Å². The van der Waals surface area contributed by atoms with Crippen LogP contribution in [0.5, 0.6) is 0 Å². The van der Waals surface area contributed by atoms with E-state index in [4.69, 9.17) is 0 Å². The highest BCUT2D eigenvalue weighted by Gasteiger charge is 2.75. The van der Waals surface area contributed by atoms with Crippen molar-refractivity contribution in [2.45, 2.75) is 84.9 Å². The maximum atomic E-state index is 16.1. The Morgan fingerprint density at radius 2 is 1.56 bits per heavy atom. The average molecular weight is 695 g/mol. The van der Waals surface area contributed by atoms with Crippen molar-refractivity contribution in [1.82, 2.24) is 0 Å². The van der Waals surface area contributed by atoms with Gasteiger partial charge >= 0.3 is 6.18 Å². The molecule has 2 fully saturated rings. The Morgan fingerprint density at radius 3 is 2.17 bits per heavy atom. The maximum Gasteiger partial charge on any atom is 0.423 e.